The van der Waals surface area contributed by atoms with Crippen molar-refractivity contribution in [2.75, 3.05) is 0 Å². The van der Waals surface area contributed by atoms with Crippen molar-refractivity contribution in [3.63, 3.8) is 0 Å². The Labute approximate surface area is 117 Å². The zero-order chi connectivity index (χ0) is 14.3. The Morgan fingerprint density at radius 1 is 1.37 bits per heavy atom. The SMILES string of the molecule is Cc1cc(CC2(O)CCC(C(C)(C)C)CC2)n(C)n1. The molecule has 1 aromatic heterocycles. The molecule has 0 amide bonds. The first-order valence-corrected chi connectivity index (χ1v) is 7.41. The highest BCUT2D eigenvalue weighted by Crippen LogP contribution is 2.42. The van der Waals surface area contributed by atoms with E-state index in [1.807, 2.05) is 18.7 Å². The van der Waals surface area contributed by atoms with Gasteiger partial charge in [-0.25, -0.2) is 0 Å². The molecule has 3 heteroatoms. The maximum Gasteiger partial charge on any atom is 0.0703 e. The van der Waals surface area contributed by atoms with Crippen molar-refractivity contribution in [1.82, 2.24) is 9.78 Å². The van der Waals surface area contributed by atoms with Crippen molar-refractivity contribution in [2.45, 2.75) is 65.4 Å². The maximum atomic E-state index is 10.8. The van der Waals surface area contributed by atoms with Crippen molar-refractivity contribution in [2.24, 2.45) is 18.4 Å². The summed E-state index contributed by atoms with van der Waals surface area (Å²) in [6.07, 6.45) is 4.84. The van der Waals surface area contributed by atoms with Crippen LogP contribution in [0.15, 0.2) is 6.07 Å². The van der Waals surface area contributed by atoms with Crippen LogP contribution in [0, 0.1) is 18.3 Å². The molecule has 1 heterocycles. The third-order valence-corrected chi connectivity index (χ3v) is 4.75. The van der Waals surface area contributed by atoms with Crippen LogP contribution in [0.2, 0.25) is 0 Å². The molecule has 0 aliphatic heterocycles. The van der Waals surface area contributed by atoms with Gasteiger partial charge in [-0.2, -0.15) is 5.10 Å². The first kappa shape index (κ1) is 14.6. The van der Waals surface area contributed by atoms with Crippen molar-refractivity contribution in [1.29, 1.82) is 0 Å². The molecule has 0 atom stereocenters. The second-order valence-corrected chi connectivity index (χ2v) is 7.44. The summed E-state index contributed by atoms with van der Waals surface area (Å²) in [4.78, 5) is 0. The molecule has 0 bridgehead atoms. The van der Waals surface area contributed by atoms with E-state index in [1.165, 1.54) is 0 Å². The van der Waals surface area contributed by atoms with Crippen LogP contribution in [0.4, 0.5) is 0 Å². The van der Waals surface area contributed by atoms with Gasteiger partial charge < -0.3 is 5.11 Å². The molecule has 19 heavy (non-hydrogen) atoms. The lowest BCUT2D eigenvalue weighted by molar-refractivity contribution is -0.0257. The first-order chi connectivity index (χ1) is 8.70. The Kier molecular flexibility index (Phi) is 3.78. The summed E-state index contributed by atoms with van der Waals surface area (Å²) >= 11 is 0. The molecule has 0 saturated heterocycles. The summed E-state index contributed by atoms with van der Waals surface area (Å²) in [5, 5.41) is 15.2. The van der Waals surface area contributed by atoms with Gasteiger partial charge >= 0.3 is 0 Å². The van der Waals surface area contributed by atoms with Gasteiger partial charge in [-0.15, -0.1) is 0 Å². The monoisotopic (exact) mass is 264 g/mol. The number of rotatable bonds is 2. The molecular formula is C16H28N2O. The van der Waals surface area contributed by atoms with Crippen molar-refractivity contribution < 1.29 is 5.11 Å². The zero-order valence-corrected chi connectivity index (χ0v) is 13.0. The van der Waals surface area contributed by atoms with Gasteiger partial charge in [0.15, 0.2) is 0 Å². The highest BCUT2D eigenvalue weighted by molar-refractivity contribution is 5.12. The molecule has 1 aromatic rings. The molecule has 1 saturated carbocycles. The van der Waals surface area contributed by atoms with Gasteiger partial charge in [-0.3, -0.25) is 4.68 Å². The fourth-order valence-corrected chi connectivity index (χ4v) is 3.36. The zero-order valence-electron chi connectivity index (χ0n) is 13.0. The number of hydrogen-bond acceptors (Lipinski definition) is 2. The van der Waals surface area contributed by atoms with E-state index in [4.69, 9.17) is 0 Å². The van der Waals surface area contributed by atoms with E-state index < -0.39 is 5.60 Å². The van der Waals surface area contributed by atoms with Crippen LogP contribution in [-0.4, -0.2) is 20.5 Å². The van der Waals surface area contributed by atoms with Gasteiger partial charge in [0.25, 0.3) is 0 Å². The van der Waals surface area contributed by atoms with E-state index in [-0.39, 0.29) is 0 Å². The Bertz CT molecular complexity index is 434. The predicted octanol–water partition coefficient (Wildman–Crippen LogP) is 3.24. The molecule has 0 radical (unpaired) electrons. The van der Waals surface area contributed by atoms with E-state index in [2.05, 4.69) is 31.9 Å². The molecule has 2 rings (SSSR count). The summed E-state index contributed by atoms with van der Waals surface area (Å²) in [6, 6.07) is 2.09. The van der Waals surface area contributed by atoms with E-state index >= 15 is 0 Å². The number of aliphatic hydroxyl groups is 1. The van der Waals surface area contributed by atoms with Crippen LogP contribution >= 0.6 is 0 Å². The lowest BCUT2D eigenvalue weighted by Gasteiger charge is -2.41. The Morgan fingerprint density at radius 2 is 1.95 bits per heavy atom. The second-order valence-electron chi connectivity index (χ2n) is 7.44. The number of aromatic nitrogens is 2. The van der Waals surface area contributed by atoms with Crippen molar-refractivity contribution in [3.8, 4) is 0 Å². The number of hydrogen-bond donors (Lipinski definition) is 1. The van der Waals surface area contributed by atoms with Gasteiger partial charge in [0.2, 0.25) is 0 Å². The third kappa shape index (κ3) is 3.38. The fraction of sp³-hybridized carbons (Fsp3) is 0.812. The van der Waals surface area contributed by atoms with Crippen LogP contribution < -0.4 is 0 Å². The van der Waals surface area contributed by atoms with Crippen molar-refractivity contribution >= 4 is 0 Å². The average molecular weight is 264 g/mol. The number of aryl methyl sites for hydroxylation is 2. The maximum absolute atomic E-state index is 10.8. The second kappa shape index (κ2) is 4.93. The molecular weight excluding hydrogens is 236 g/mol. The minimum absolute atomic E-state index is 0.366. The van der Waals surface area contributed by atoms with E-state index in [9.17, 15) is 5.11 Å². The Morgan fingerprint density at radius 3 is 2.37 bits per heavy atom. The molecule has 0 aromatic carbocycles. The van der Waals surface area contributed by atoms with Crippen LogP contribution in [0.3, 0.4) is 0 Å². The standard InChI is InChI=1S/C16H28N2O/c1-12-10-14(18(5)17-12)11-16(19)8-6-13(7-9-16)15(2,3)4/h10,13,19H,6-9,11H2,1-5H3. The third-order valence-electron chi connectivity index (χ3n) is 4.75. The molecule has 1 N–H and O–H groups in total. The topological polar surface area (TPSA) is 38.0 Å². The summed E-state index contributed by atoms with van der Waals surface area (Å²) in [5.74, 6) is 0.737. The molecule has 108 valence electrons. The molecule has 1 aliphatic carbocycles. The summed E-state index contributed by atoms with van der Waals surface area (Å²) in [5.41, 5.74) is 2.02. The number of nitrogens with zero attached hydrogens (tertiary/aromatic N) is 2. The van der Waals surface area contributed by atoms with Crippen molar-refractivity contribution in [3.05, 3.63) is 17.5 Å². The summed E-state index contributed by atoms with van der Waals surface area (Å²) in [7, 11) is 1.96. The van der Waals surface area contributed by atoms with Gasteiger partial charge in [-0.1, -0.05) is 20.8 Å². The van der Waals surface area contributed by atoms with E-state index in [0.717, 1.165) is 49.4 Å². The Balaban J connectivity index is 2.01. The predicted molar refractivity (Wildman–Crippen MR) is 78.0 cm³/mol. The van der Waals surface area contributed by atoms with Gasteiger partial charge in [0, 0.05) is 19.2 Å². The molecule has 0 unspecified atom stereocenters. The molecule has 1 aliphatic rings. The highest BCUT2D eigenvalue weighted by atomic mass is 16.3. The van der Waals surface area contributed by atoms with Crippen LogP contribution in [0.5, 0.6) is 0 Å². The van der Waals surface area contributed by atoms with Gasteiger partial charge in [-0.05, 0) is 50.0 Å². The minimum atomic E-state index is -0.526. The molecule has 3 nitrogen and oxygen atoms in total. The lowest BCUT2D eigenvalue weighted by atomic mass is 9.67. The lowest BCUT2D eigenvalue weighted by Crippen LogP contribution is -2.39. The molecule has 1 fully saturated rings. The van der Waals surface area contributed by atoms with Crippen LogP contribution in [0.25, 0.3) is 0 Å². The van der Waals surface area contributed by atoms with Crippen LogP contribution in [0.1, 0.15) is 57.8 Å². The minimum Gasteiger partial charge on any atom is -0.389 e. The molecule has 0 spiro atoms. The average Bonchev–Trinajstić information content (AvgIpc) is 2.56. The summed E-state index contributed by atoms with van der Waals surface area (Å²) in [6.45, 7) is 8.94. The fourth-order valence-electron chi connectivity index (χ4n) is 3.36. The largest absolute Gasteiger partial charge is 0.389 e. The Hall–Kier alpha value is -0.830. The normalized spacial score (nSPS) is 28.6. The quantitative estimate of drug-likeness (QED) is 0.890. The first-order valence-electron chi connectivity index (χ1n) is 7.41. The van der Waals surface area contributed by atoms with Gasteiger partial charge in [0.05, 0.1) is 11.3 Å². The van der Waals surface area contributed by atoms with Crippen LogP contribution in [-0.2, 0) is 13.5 Å². The smallest absolute Gasteiger partial charge is 0.0703 e. The summed E-state index contributed by atoms with van der Waals surface area (Å²) < 4.78 is 1.91. The van der Waals surface area contributed by atoms with Gasteiger partial charge in [0.1, 0.15) is 0 Å². The van der Waals surface area contributed by atoms with E-state index in [0.29, 0.717) is 5.41 Å². The van der Waals surface area contributed by atoms with E-state index in [1.54, 1.807) is 0 Å². The highest BCUT2D eigenvalue weighted by Gasteiger charge is 2.37.